The van der Waals surface area contributed by atoms with E-state index in [1.165, 1.54) is 11.3 Å². The van der Waals surface area contributed by atoms with E-state index in [0.29, 0.717) is 16.9 Å². The van der Waals surface area contributed by atoms with Gasteiger partial charge in [0, 0.05) is 16.8 Å². The largest absolute Gasteiger partial charge is 0.465 e. The Kier molecular flexibility index (Phi) is 3.59. The van der Waals surface area contributed by atoms with Crippen molar-refractivity contribution in [3.63, 3.8) is 0 Å². The lowest BCUT2D eigenvalue weighted by Crippen LogP contribution is -2.11. The van der Waals surface area contributed by atoms with E-state index < -0.39 is 6.09 Å². The highest BCUT2D eigenvalue weighted by atomic mass is 32.1. The molecule has 5 nitrogen and oxygen atoms in total. The Morgan fingerprint density at radius 1 is 1.00 bits per heavy atom. The average molecular weight is 262 g/mol. The summed E-state index contributed by atoms with van der Waals surface area (Å²) in [5.41, 5.74) is 1.67. The van der Waals surface area contributed by atoms with Crippen LogP contribution >= 0.6 is 11.3 Å². The quantitative estimate of drug-likeness (QED) is 0.795. The summed E-state index contributed by atoms with van der Waals surface area (Å²) in [5.74, 6) is -0.185. The molecule has 0 aliphatic heterocycles. The van der Waals surface area contributed by atoms with Crippen molar-refractivity contribution in [3.8, 4) is 0 Å². The Hall–Kier alpha value is -2.34. The molecule has 0 saturated carbocycles. The fraction of sp³-hybridized carbons (Fsp3) is 0. The minimum Gasteiger partial charge on any atom is -0.465 e. The van der Waals surface area contributed by atoms with Gasteiger partial charge in [0.05, 0.1) is 5.56 Å². The highest BCUT2D eigenvalue weighted by molar-refractivity contribution is 7.08. The standard InChI is InChI=1S/C12H10N2O3S/c15-11(8-5-6-18-7-8)13-9-1-3-10(4-2-9)14-12(16)17/h1-7,14H,(H,13,15)(H,16,17). The molecule has 1 heterocycles. The highest BCUT2D eigenvalue weighted by Crippen LogP contribution is 2.15. The molecule has 0 aliphatic carbocycles. The number of amides is 2. The predicted octanol–water partition coefficient (Wildman–Crippen LogP) is 3.09. The van der Waals surface area contributed by atoms with Gasteiger partial charge in [0.15, 0.2) is 0 Å². The van der Waals surface area contributed by atoms with Crippen molar-refractivity contribution in [2.75, 3.05) is 10.6 Å². The van der Waals surface area contributed by atoms with Gasteiger partial charge in [-0.05, 0) is 35.7 Å². The van der Waals surface area contributed by atoms with Gasteiger partial charge in [0.25, 0.3) is 5.91 Å². The van der Waals surface area contributed by atoms with Crippen LogP contribution in [0.4, 0.5) is 16.2 Å². The molecule has 0 spiro atoms. The molecule has 3 N–H and O–H groups in total. The Morgan fingerprint density at radius 3 is 2.11 bits per heavy atom. The number of anilines is 2. The van der Waals surface area contributed by atoms with Gasteiger partial charge in [-0.3, -0.25) is 10.1 Å². The van der Waals surface area contributed by atoms with Crippen LogP contribution in [-0.2, 0) is 0 Å². The van der Waals surface area contributed by atoms with E-state index in [1.807, 2.05) is 5.38 Å². The molecule has 2 aromatic rings. The molecule has 0 radical (unpaired) electrons. The third-order valence-corrected chi connectivity index (χ3v) is 2.86. The van der Waals surface area contributed by atoms with Crippen molar-refractivity contribution in [1.82, 2.24) is 0 Å². The summed E-state index contributed by atoms with van der Waals surface area (Å²) in [4.78, 5) is 22.1. The number of thiophene rings is 1. The van der Waals surface area contributed by atoms with Gasteiger partial charge in [-0.2, -0.15) is 11.3 Å². The van der Waals surface area contributed by atoms with Crippen LogP contribution in [-0.4, -0.2) is 17.1 Å². The maximum Gasteiger partial charge on any atom is 0.409 e. The fourth-order valence-electron chi connectivity index (χ4n) is 1.36. The zero-order chi connectivity index (χ0) is 13.0. The van der Waals surface area contributed by atoms with Gasteiger partial charge >= 0.3 is 6.09 Å². The summed E-state index contributed by atoms with van der Waals surface area (Å²) >= 11 is 1.45. The zero-order valence-electron chi connectivity index (χ0n) is 9.21. The first-order chi connectivity index (χ1) is 8.65. The molecule has 0 unspecified atom stereocenters. The average Bonchev–Trinajstić information content (AvgIpc) is 2.84. The van der Waals surface area contributed by atoms with Crippen molar-refractivity contribution in [3.05, 3.63) is 46.7 Å². The first kappa shape index (κ1) is 12.1. The van der Waals surface area contributed by atoms with Gasteiger partial charge in [-0.15, -0.1) is 0 Å². The summed E-state index contributed by atoms with van der Waals surface area (Å²) in [6.45, 7) is 0. The summed E-state index contributed by atoms with van der Waals surface area (Å²) < 4.78 is 0. The van der Waals surface area contributed by atoms with E-state index in [-0.39, 0.29) is 5.91 Å². The highest BCUT2D eigenvalue weighted by Gasteiger charge is 2.06. The molecule has 0 atom stereocenters. The molecule has 0 saturated heterocycles. The first-order valence-corrected chi connectivity index (χ1v) is 6.03. The maximum atomic E-state index is 11.7. The van der Waals surface area contributed by atoms with Crippen LogP contribution in [0.2, 0.25) is 0 Å². The monoisotopic (exact) mass is 262 g/mol. The lowest BCUT2D eigenvalue weighted by Gasteiger charge is -2.05. The van der Waals surface area contributed by atoms with Gasteiger partial charge in [-0.1, -0.05) is 0 Å². The van der Waals surface area contributed by atoms with E-state index in [2.05, 4.69) is 10.6 Å². The number of hydrogen-bond donors (Lipinski definition) is 3. The molecule has 0 aliphatic rings. The topological polar surface area (TPSA) is 78.4 Å². The minimum absolute atomic E-state index is 0.185. The molecule has 92 valence electrons. The van der Waals surface area contributed by atoms with Crippen molar-refractivity contribution in [2.45, 2.75) is 0 Å². The van der Waals surface area contributed by atoms with Crippen LogP contribution in [0.25, 0.3) is 0 Å². The molecule has 6 heteroatoms. The third kappa shape index (κ3) is 3.08. The third-order valence-electron chi connectivity index (χ3n) is 2.18. The van der Waals surface area contributed by atoms with Crippen LogP contribution in [0.15, 0.2) is 41.1 Å². The van der Waals surface area contributed by atoms with Crippen molar-refractivity contribution < 1.29 is 14.7 Å². The number of hydrogen-bond acceptors (Lipinski definition) is 3. The van der Waals surface area contributed by atoms with Gasteiger partial charge in [-0.25, -0.2) is 4.79 Å². The van der Waals surface area contributed by atoms with Crippen LogP contribution in [0.1, 0.15) is 10.4 Å². The predicted molar refractivity (Wildman–Crippen MR) is 70.4 cm³/mol. The van der Waals surface area contributed by atoms with Gasteiger partial charge < -0.3 is 10.4 Å². The second-order valence-electron chi connectivity index (χ2n) is 3.47. The lowest BCUT2D eigenvalue weighted by atomic mass is 10.2. The Labute approximate surface area is 107 Å². The van der Waals surface area contributed by atoms with Crippen molar-refractivity contribution in [2.24, 2.45) is 0 Å². The summed E-state index contributed by atoms with van der Waals surface area (Å²) in [5, 5.41) is 17.1. The maximum absolute atomic E-state index is 11.7. The van der Waals surface area contributed by atoms with Gasteiger partial charge in [0.1, 0.15) is 0 Å². The molecular weight excluding hydrogens is 252 g/mol. The Balaban J connectivity index is 2.02. The van der Waals surface area contributed by atoms with Crippen LogP contribution in [0, 0.1) is 0 Å². The number of rotatable bonds is 3. The molecule has 1 aromatic carbocycles. The smallest absolute Gasteiger partial charge is 0.409 e. The SMILES string of the molecule is O=C(O)Nc1ccc(NC(=O)c2ccsc2)cc1. The second kappa shape index (κ2) is 5.33. The lowest BCUT2D eigenvalue weighted by molar-refractivity contribution is 0.102. The van der Waals surface area contributed by atoms with Crippen LogP contribution in [0.3, 0.4) is 0 Å². The summed E-state index contributed by atoms with van der Waals surface area (Å²) in [6, 6.07) is 8.17. The van der Waals surface area contributed by atoms with Crippen LogP contribution in [0.5, 0.6) is 0 Å². The second-order valence-corrected chi connectivity index (χ2v) is 4.25. The molecule has 18 heavy (non-hydrogen) atoms. The molecule has 0 bridgehead atoms. The van der Waals surface area contributed by atoms with Crippen LogP contribution < -0.4 is 10.6 Å². The zero-order valence-corrected chi connectivity index (χ0v) is 10.0. The molecular formula is C12H10N2O3S. The van der Waals surface area contributed by atoms with E-state index >= 15 is 0 Å². The number of carboxylic acid groups (broad SMARTS) is 1. The van der Waals surface area contributed by atoms with Crippen molar-refractivity contribution in [1.29, 1.82) is 0 Å². The summed E-state index contributed by atoms with van der Waals surface area (Å²) in [6.07, 6.45) is -1.12. The molecule has 1 aromatic heterocycles. The van der Waals surface area contributed by atoms with E-state index in [0.717, 1.165) is 0 Å². The minimum atomic E-state index is -1.12. The molecule has 2 rings (SSSR count). The fourth-order valence-corrected chi connectivity index (χ4v) is 1.99. The number of carbonyl (C=O) groups excluding carboxylic acids is 1. The first-order valence-electron chi connectivity index (χ1n) is 5.09. The van der Waals surface area contributed by atoms with E-state index in [4.69, 9.17) is 5.11 Å². The van der Waals surface area contributed by atoms with E-state index in [1.54, 1.807) is 35.7 Å². The number of carbonyl (C=O) groups is 2. The van der Waals surface area contributed by atoms with E-state index in [9.17, 15) is 9.59 Å². The molecule has 2 amide bonds. The van der Waals surface area contributed by atoms with Gasteiger partial charge in [0.2, 0.25) is 0 Å². The number of benzene rings is 1. The van der Waals surface area contributed by atoms with Crippen molar-refractivity contribution >= 4 is 34.7 Å². The number of nitrogens with one attached hydrogen (secondary N) is 2. The normalized spacial score (nSPS) is 9.78. The summed E-state index contributed by atoms with van der Waals surface area (Å²) in [7, 11) is 0. The Bertz CT molecular complexity index is 549. The molecule has 0 fully saturated rings. The Morgan fingerprint density at radius 2 is 1.61 bits per heavy atom.